The molecule has 1 heteroatoms. The maximum Gasteiger partial charge on any atom is -0.00490 e. The monoisotopic (exact) mass is 185 g/mol. The molecule has 0 bridgehead atoms. The molecule has 0 rings (SSSR count). The normalized spacial score (nSPS) is 11.1. The van der Waals surface area contributed by atoms with Crippen LogP contribution in [-0.2, 0) is 0 Å². The third-order valence-electron chi connectivity index (χ3n) is 2.39. The molecule has 0 saturated carbocycles. The molecule has 0 unspecified atom stereocenters. The van der Waals surface area contributed by atoms with Crippen molar-refractivity contribution in [1.29, 1.82) is 0 Å². The molecule has 1 nitrogen and oxygen atoms in total. The SMILES string of the molecule is CCNCCCCCCCC(C)C. The molecular weight excluding hydrogens is 158 g/mol. The Labute approximate surface area is 84.3 Å². The Hall–Kier alpha value is -0.0400. The fourth-order valence-electron chi connectivity index (χ4n) is 1.51. The second-order valence-corrected chi connectivity index (χ2v) is 4.30. The topological polar surface area (TPSA) is 12.0 Å². The molecule has 0 heterocycles. The van der Waals surface area contributed by atoms with Crippen LogP contribution in [0.2, 0.25) is 0 Å². The summed E-state index contributed by atoms with van der Waals surface area (Å²) in [6.07, 6.45) is 8.47. The van der Waals surface area contributed by atoms with Gasteiger partial charge in [0.05, 0.1) is 0 Å². The maximum absolute atomic E-state index is 3.36. The van der Waals surface area contributed by atoms with E-state index in [1.165, 1.54) is 45.1 Å². The van der Waals surface area contributed by atoms with E-state index in [0.29, 0.717) is 0 Å². The molecule has 0 amide bonds. The van der Waals surface area contributed by atoms with Gasteiger partial charge in [-0.1, -0.05) is 52.9 Å². The van der Waals surface area contributed by atoms with Gasteiger partial charge in [0.15, 0.2) is 0 Å². The zero-order valence-electron chi connectivity index (χ0n) is 9.73. The summed E-state index contributed by atoms with van der Waals surface area (Å²) in [5.41, 5.74) is 0. The fraction of sp³-hybridized carbons (Fsp3) is 1.00. The van der Waals surface area contributed by atoms with Gasteiger partial charge >= 0.3 is 0 Å². The van der Waals surface area contributed by atoms with Gasteiger partial charge in [-0.15, -0.1) is 0 Å². The van der Waals surface area contributed by atoms with Gasteiger partial charge < -0.3 is 5.32 Å². The summed E-state index contributed by atoms with van der Waals surface area (Å²) in [5.74, 6) is 0.891. The number of hydrogen-bond donors (Lipinski definition) is 1. The molecule has 1 N–H and O–H groups in total. The minimum absolute atomic E-state index is 0.891. The first-order valence-electron chi connectivity index (χ1n) is 5.98. The van der Waals surface area contributed by atoms with E-state index in [9.17, 15) is 0 Å². The van der Waals surface area contributed by atoms with Crippen LogP contribution in [0.1, 0.15) is 59.3 Å². The molecule has 0 aliphatic carbocycles. The summed E-state index contributed by atoms with van der Waals surface area (Å²) < 4.78 is 0. The van der Waals surface area contributed by atoms with E-state index in [1.54, 1.807) is 0 Å². The fourth-order valence-corrected chi connectivity index (χ4v) is 1.51. The molecule has 0 aromatic carbocycles. The van der Waals surface area contributed by atoms with Crippen LogP contribution < -0.4 is 5.32 Å². The van der Waals surface area contributed by atoms with E-state index >= 15 is 0 Å². The molecule has 0 aromatic heterocycles. The summed E-state index contributed by atoms with van der Waals surface area (Å²) in [6, 6.07) is 0. The van der Waals surface area contributed by atoms with Crippen LogP contribution >= 0.6 is 0 Å². The predicted molar refractivity (Wildman–Crippen MR) is 61.1 cm³/mol. The van der Waals surface area contributed by atoms with E-state index in [2.05, 4.69) is 26.1 Å². The van der Waals surface area contributed by atoms with Crippen LogP contribution in [0.4, 0.5) is 0 Å². The second kappa shape index (κ2) is 10.0. The molecule has 0 aliphatic heterocycles. The lowest BCUT2D eigenvalue weighted by Gasteiger charge is -2.04. The minimum Gasteiger partial charge on any atom is -0.317 e. The van der Waals surface area contributed by atoms with Crippen LogP contribution in [0.25, 0.3) is 0 Å². The molecule has 13 heavy (non-hydrogen) atoms. The summed E-state index contributed by atoms with van der Waals surface area (Å²) in [7, 11) is 0. The Bertz CT molecular complexity index is 89.1. The van der Waals surface area contributed by atoms with Gasteiger partial charge in [0.1, 0.15) is 0 Å². The third-order valence-corrected chi connectivity index (χ3v) is 2.39. The zero-order valence-corrected chi connectivity index (χ0v) is 9.73. The quantitative estimate of drug-likeness (QED) is 0.541. The van der Waals surface area contributed by atoms with Crippen molar-refractivity contribution < 1.29 is 0 Å². The van der Waals surface area contributed by atoms with E-state index in [1.807, 2.05) is 0 Å². The molecule has 0 fully saturated rings. The van der Waals surface area contributed by atoms with Crippen molar-refractivity contribution in [2.75, 3.05) is 13.1 Å². The van der Waals surface area contributed by atoms with Gasteiger partial charge in [-0.25, -0.2) is 0 Å². The van der Waals surface area contributed by atoms with Crippen molar-refractivity contribution in [1.82, 2.24) is 5.32 Å². The van der Waals surface area contributed by atoms with E-state index < -0.39 is 0 Å². The Morgan fingerprint density at radius 1 is 0.923 bits per heavy atom. The van der Waals surface area contributed by atoms with Crippen molar-refractivity contribution >= 4 is 0 Å². The van der Waals surface area contributed by atoms with E-state index in [-0.39, 0.29) is 0 Å². The molecule has 0 radical (unpaired) electrons. The minimum atomic E-state index is 0.891. The maximum atomic E-state index is 3.36. The largest absolute Gasteiger partial charge is 0.317 e. The van der Waals surface area contributed by atoms with Crippen LogP contribution in [-0.4, -0.2) is 13.1 Å². The standard InChI is InChI=1S/C12H27N/c1-4-13-11-9-7-5-6-8-10-12(2)3/h12-13H,4-11H2,1-3H3. The highest BCUT2D eigenvalue weighted by Gasteiger charge is 1.94. The lowest BCUT2D eigenvalue weighted by Crippen LogP contribution is -2.13. The molecule has 0 spiro atoms. The van der Waals surface area contributed by atoms with Crippen molar-refractivity contribution in [2.45, 2.75) is 59.3 Å². The van der Waals surface area contributed by atoms with Crippen LogP contribution in [0.15, 0.2) is 0 Å². The van der Waals surface area contributed by atoms with E-state index in [0.717, 1.165) is 12.5 Å². The van der Waals surface area contributed by atoms with Crippen LogP contribution in [0, 0.1) is 5.92 Å². The number of rotatable bonds is 9. The van der Waals surface area contributed by atoms with Gasteiger partial charge in [0, 0.05) is 0 Å². The van der Waals surface area contributed by atoms with Gasteiger partial charge in [-0.05, 0) is 25.4 Å². The molecule has 80 valence electrons. The van der Waals surface area contributed by atoms with Crippen molar-refractivity contribution in [3.63, 3.8) is 0 Å². The van der Waals surface area contributed by atoms with Crippen molar-refractivity contribution in [3.8, 4) is 0 Å². The van der Waals surface area contributed by atoms with Gasteiger partial charge in [-0.3, -0.25) is 0 Å². The Kier molecular flexibility index (Phi) is 10.0. The summed E-state index contributed by atoms with van der Waals surface area (Å²) in [4.78, 5) is 0. The smallest absolute Gasteiger partial charge is 0.00490 e. The second-order valence-electron chi connectivity index (χ2n) is 4.30. The van der Waals surface area contributed by atoms with Gasteiger partial charge in [0.25, 0.3) is 0 Å². The molecular formula is C12H27N. The predicted octanol–water partition coefficient (Wildman–Crippen LogP) is 3.59. The number of hydrogen-bond acceptors (Lipinski definition) is 1. The van der Waals surface area contributed by atoms with Gasteiger partial charge in [0.2, 0.25) is 0 Å². The Morgan fingerprint density at radius 3 is 2.15 bits per heavy atom. The van der Waals surface area contributed by atoms with Crippen molar-refractivity contribution in [3.05, 3.63) is 0 Å². The molecule has 0 aromatic rings. The van der Waals surface area contributed by atoms with Crippen LogP contribution in [0.3, 0.4) is 0 Å². The Morgan fingerprint density at radius 2 is 1.54 bits per heavy atom. The Balaban J connectivity index is 2.84. The first-order chi connectivity index (χ1) is 6.27. The first kappa shape index (κ1) is 13.0. The van der Waals surface area contributed by atoms with Gasteiger partial charge in [-0.2, -0.15) is 0 Å². The molecule has 0 saturated heterocycles. The number of nitrogens with one attached hydrogen (secondary N) is 1. The highest BCUT2D eigenvalue weighted by Crippen LogP contribution is 2.09. The average molecular weight is 185 g/mol. The highest BCUT2D eigenvalue weighted by molar-refractivity contribution is 4.49. The summed E-state index contributed by atoms with van der Waals surface area (Å²) >= 11 is 0. The van der Waals surface area contributed by atoms with E-state index in [4.69, 9.17) is 0 Å². The lowest BCUT2D eigenvalue weighted by molar-refractivity contribution is 0.511. The number of unbranched alkanes of at least 4 members (excludes halogenated alkanes) is 4. The summed E-state index contributed by atoms with van der Waals surface area (Å²) in [6.45, 7) is 9.12. The van der Waals surface area contributed by atoms with Crippen molar-refractivity contribution in [2.24, 2.45) is 5.92 Å². The zero-order chi connectivity index (χ0) is 9.94. The third kappa shape index (κ3) is 12.0. The summed E-state index contributed by atoms with van der Waals surface area (Å²) in [5, 5.41) is 3.36. The molecule has 0 atom stereocenters. The van der Waals surface area contributed by atoms with Crippen LogP contribution in [0.5, 0.6) is 0 Å². The first-order valence-corrected chi connectivity index (χ1v) is 5.98. The average Bonchev–Trinajstić information content (AvgIpc) is 2.09. The lowest BCUT2D eigenvalue weighted by atomic mass is 10.0. The highest BCUT2D eigenvalue weighted by atomic mass is 14.8. The molecule has 0 aliphatic rings.